The second-order valence-corrected chi connectivity index (χ2v) is 4.71. The highest BCUT2D eigenvalue weighted by Crippen LogP contribution is 2.28. The molecule has 1 aromatic carbocycles. The van der Waals surface area contributed by atoms with Crippen LogP contribution in [0.15, 0.2) is 18.2 Å². The Morgan fingerprint density at radius 1 is 1.47 bits per heavy atom. The predicted octanol–water partition coefficient (Wildman–Crippen LogP) is 3.85. The van der Waals surface area contributed by atoms with E-state index in [0.29, 0.717) is 17.5 Å². The van der Waals surface area contributed by atoms with Crippen LogP contribution in [0.1, 0.15) is 37.0 Å². The Kier molecular flexibility index (Phi) is 5.29. The molecule has 0 fully saturated rings. The van der Waals surface area contributed by atoms with Crippen LogP contribution in [0.4, 0.5) is 0 Å². The van der Waals surface area contributed by atoms with E-state index in [4.69, 9.17) is 21.4 Å². The molecule has 1 N–H and O–H groups in total. The first-order valence-electron chi connectivity index (χ1n) is 5.67. The lowest BCUT2D eigenvalue weighted by Gasteiger charge is -2.11. The van der Waals surface area contributed by atoms with E-state index in [0.717, 1.165) is 12.8 Å². The number of hydrogen-bond donors (Lipinski definition) is 1. The summed E-state index contributed by atoms with van der Waals surface area (Å²) in [6.45, 7) is 4.76. The van der Waals surface area contributed by atoms with E-state index in [2.05, 4.69) is 13.8 Å². The minimum atomic E-state index is -1.02. The average Bonchev–Trinajstić information content (AvgIpc) is 2.25. The fraction of sp³-hybridized carbons (Fsp3) is 0.462. The number of para-hydroxylation sites is 1. The van der Waals surface area contributed by atoms with Gasteiger partial charge in [-0.3, -0.25) is 0 Å². The zero-order chi connectivity index (χ0) is 12.8. The lowest BCUT2D eigenvalue weighted by molar-refractivity contribution is 0.0692. The van der Waals surface area contributed by atoms with E-state index in [9.17, 15) is 4.79 Å². The lowest BCUT2D eigenvalue weighted by Crippen LogP contribution is -2.05. The molecule has 3 nitrogen and oxygen atoms in total. The van der Waals surface area contributed by atoms with Gasteiger partial charge in [-0.2, -0.15) is 0 Å². The maximum absolute atomic E-state index is 11.0. The highest BCUT2D eigenvalue weighted by molar-refractivity contribution is 6.32. The van der Waals surface area contributed by atoms with Crippen LogP contribution < -0.4 is 4.74 Å². The molecule has 0 aliphatic carbocycles. The van der Waals surface area contributed by atoms with Gasteiger partial charge in [0.25, 0.3) is 0 Å². The van der Waals surface area contributed by atoms with Gasteiger partial charge in [-0.05, 0) is 30.9 Å². The third-order valence-electron chi connectivity index (χ3n) is 2.37. The SMILES string of the molecule is CC(C)CCCOc1c(Cl)cccc1C(=O)O. The summed E-state index contributed by atoms with van der Waals surface area (Å²) in [5.41, 5.74) is 0.113. The summed E-state index contributed by atoms with van der Waals surface area (Å²) in [6.07, 6.45) is 1.94. The number of carboxylic acid groups (broad SMARTS) is 1. The monoisotopic (exact) mass is 256 g/mol. The van der Waals surface area contributed by atoms with Crippen molar-refractivity contribution >= 4 is 17.6 Å². The van der Waals surface area contributed by atoms with E-state index in [1.807, 2.05) is 0 Å². The number of benzene rings is 1. The van der Waals surface area contributed by atoms with Crippen LogP contribution in [0.2, 0.25) is 5.02 Å². The summed E-state index contributed by atoms with van der Waals surface area (Å²) in [4.78, 5) is 11.0. The van der Waals surface area contributed by atoms with E-state index < -0.39 is 5.97 Å². The molecule has 17 heavy (non-hydrogen) atoms. The Bertz CT molecular complexity index is 388. The first kappa shape index (κ1) is 13.8. The molecule has 1 aromatic rings. The van der Waals surface area contributed by atoms with E-state index in [1.54, 1.807) is 12.1 Å². The standard InChI is InChI=1S/C13H17ClO3/c1-9(2)5-4-8-17-12-10(13(15)16)6-3-7-11(12)14/h3,6-7,9H,4-5,8H2,1-2H3,(H,15,16). The molecule has 94 valence electrons. The molecular weight excluding hydrogens is 240 g/mol. The first-order valence-corrected chi connectivity index (χ1v) is 6.04. The third-order valence-corrected chi connectivity index (χ3v) is 2.67. The molecule has 0 saturated heterocycles. The smallest absolute Gasteiger partial charge is 0.339 e. The van der Waals surface area contributed by atoms with Gasteiger partial charge in [-0.25, -0.2) is 4.79 Å². The number of rotatable bonds is 6. The van der Waals surface area contributed by atoms with E-state index >= 15 is 0 Å². The van der Waals surface area contributed by atoms with Crippen LogP contribution >= 0.6 is 11.6 Å². The largest absolute Gasteiger partial charge is 0.491 e. The molecule has 0 aromatic heterocycles. The van der Waals surface area contributed by atoms with Gasteiger partial charge >= 0.3 is 5.97 Å². The first-order chi connectivity index (χ1) is 8.02. The van der Waals surface area contributed by atoms with Crippen LogP contribution in [0.25, 0.3) is 0 Å². The van der Waals surface area contributed by atoms with Crippen molar-refractivity contribution in [1.82, 2.24) is 0 Å². The topological polar surface area (TPSA) is 46.5 Å². The maximum Gasteiger partial charge on any atom is 0.339 e. The fourth-order valence-electron chi connectivity index (χ4n) is 1.49. The third kappa shape index (κ3) is 4.27. The summed E-state index contributed by atoms with van der Waals surface area (Å²) in [5, 5.41) is 9.34. The number of ether oxygens (including phenoxy) is 1. The zero-order valence-corrected chi connectivity index (χ0v) is 10.8. The Hall–Kier alpha value is -1.22. The van der Waals surface area contributed by atoms with E-state index in [1.165, 1.54) is 6.07 Å². The molecule has 0 saturated carbocycles. The Labute approximate surface area is 106 Å². The molecule has 0 atom stereocenters. The van der Waals surface area contributed by atoms with Gasteiger partial charge in [0.15, 0.2) is 5.75 Å². The van der Waals surface area contributed by atoms with Gasteiger partial charge in [-0.15, -0.1) is 0 Å². The highest BCUT2D eigenvalue weighted by atomic mass is 35.5. The Balaban J connectivity index is 2.66. The van der Waals surface area contributed by atoms with Crippen LogP contribution in [-0.2, 0) is 0 Å². The summed E-state index contributed by atoms with van der Waals surface area (Å²) >= 11 is 5.93. The highest BCUT2D eigenvalue weighted by Gasteiger charge is 2.14. The summed E-state index contributed by atoms with van der Waals surface area (Å²) in [5.74, 6) is -0.138. The second-order valence-electron chi connectivity index (χ2n) is 4.31. The lowest BCUT2D eigenvalue weighted by atomic mass is 10.1. The quantitative estimate of drug-likeness (QED) is 0.787. The Morgan fingerprint density at radius 2 is 2.18 bits per heavy atom. The molecule has 0 radical (unpaired) electrons. The number of carboxylic acids is 1. The van der Waals surface area contributed by atoms with Gasteiger partial charge in [0.2, 0.25) is 0 Å². The average molecular weight is 257 g/mol. The minimum absolute atomic E-state index is 0.113. The zero-order valence-electron chi connectivity index (χ0n) is 10.1. The molecule has 0 spiro atoms. The van der Waals surface area contributed by atoms with Crippen molar-refractivity contribution in [1.29, 1.82) is 0 Å². The van der Waals surface area contributed by atoms with Crippen LogP contribution in [0.3, 0.4) is 0 Å². The van der Waals surface area contributed by atoms with Crippen molar-refractivity contribution < 1.29 is 14.6 Å². The molecule has 4 heteroatoms. The van der Waals surface area contributed by atoms with Crippen LogP contribution in [-0.4, -0.2) is 17.7 Å². The molecule has 0 heterocycles. The van der Waals surface area contributed by atoms with Crippen molar-refractivity contribution in [3.63, 3.8) is 0 Å². The van der Waals surface area contributed by atoms with Crippen molar-refractivity contribution in [3.8, 4) is 5.75 Å². The van der Waals surface area contributed by atoms with E-state index in [-0.39, 0.29) is 11.3 Å². The molecule has 0 amide bonds. The van der Waals surface area contributed by atoms with Crippen molar-refractivity contribution in [2.24, 2.45) is 5.92 Å². The number of hydrogen-bond acceptors (Lipinski definition) is 2. The van der Waals surface area contributed by atoms with Gasteiger partial charge in [0.1, 0.15) is 5.56 Å². The maximum atomic E-state index is 11.0. The van der Waals surface area contributed by atoms with Gasteiger partial charge < -0.3 is 9.84 Å². The fourth-order valence-corrected chi connectivity index (χ4v) is 1.72. The van der Waals surface area contributed by atoms with Crippen molar-refractivity contribution in [2.75, 3.05) is 6.61 Å². The summed E-state index contributed by atoms with van der Waals surface area (Å²) in [6, 6.07) is 4.73. The van der Waals surface area contributed by atoms with Crippen LogP contribution in [0.5, 0.6) is 5.75 Å². The molecule has 0 aliphatic rings. The van der Waals surface area contributed by atoms with Gasteiger partial charge in [0, 0.05) is 0 Å². The van der Waals surface area contributed by atoms with Crippen molar-refractivity contribution in [2.45, 2.75) is 26.7 Å². The molecule has 1 rings (SSSR count). The number of aromatic carboxylic acids is 1. The molecule has 0 bridgehead atoms. The second kappa shape index (κ2) is 6.50. The molecule has 0 unspecified atom stereocenters. The number of halogens is 1. The summed E-state index contributed by atoms with van der Waals surface area (Å²) in [7, 11) is 0. The summed E-state index contributed by atoms with van der Waals surface area (Å²) < 4.78 is 5.47. The number of carbonyl (C=O) groups is 1. The van der Waals surface area contributed by atoms with Gasteiger partial charge in [-0.1, -0.05) is 31.5 Å². The molecular formula is C13H17ClO3. The van der Waals surface area contributed by atoms with Gasteiger partial charge in [0.05, 0.1) is 11.6 Å². The predicted molar refractivity (Wildman–Crippen MR) is 68.0 cm³/mol. The van der Waals surface area contributed by atoms with Crippen LogP contribution in [0, 0.1) is 5.92 Å². The normalized spacial score (nSPS) is 10.6. The minimum Gasteiger partial charge on any atom is -0.491 e. The molecule has 0 aliphatic heterocycles. The Morgan fingerprint density at radius 3 is 2.76 bits per heavy atom. The van der Waals surface area contributed by atoms with Crippen molar-refractivity contribution in [3.05, 3.63) is 28.8 Å².